The summed E-state index contributed by atoms with van der Waals surface area (Å²) in [6.45, 7) is 26.6. The normalized spacial score (nSPS) is 18.7. The largest absolute Gasteiger partial charge is 0.147 e. The zero-order valence-electron chi connectivity index (χ0n) is 20.0. The third kappa shape index (κ3) is 4.76. The average molecular weight is 523 g/mol. The van der Waals surface area contributed by atoms with Crippen molar-refractivity contribution in [2.75, 3.05) is 0 Å². The van der Waals surface area contributed by atoms with E-state index in [0.29, 0.717) is 0 Å². The predicted molar refractivity (Wildman–Crippen MR) is 134 cm³/mol. The first-order valence-corrected chi connectivity index (χ1v) is 22.4. The molecule has 28 heavy (non-hydrogen) atoms. The summed E-state index contributed by atoms with van der Waals surface area (Å²) in [5, 5.41) is 0. The zero-order chi connectivity index (χ0) is 20.2. The van der Waals surface area contributed by atoms with E-state index in [1.54, 1.807) is 22.3 Å². The second-order valence-electron chi connectivity index (χ2n) is 11.2. The fourth-order valence-corrected chi connectivity index (χ4v) is 25.0. The Bertz CT molecular complexity index is 741. The van der Waals surface area contributed by atoms with E-state index in [2.05, 4.69) is 88.3 Å². The minimum absolute atomic E-state index is 0. The van der Waals surface area contributed by atoms with E-state index < -0.39 is 17.4 Å². The zero-order valence-corrected chi connectivity index (χ0v) is 25.5. The van der Waals surface area contributed by atoms with Crippen LogP contribution in [0.15, 0.2) is 41.0 Å². The van der Waals surface area contributed by atoms with Crippen LogP contribution in [0.4, 0.5) is 0 Å². The quantitative estimate of drug-likeness (QED) is 0.326. The number of allylic oxidation sites excluding steroid dienone is 8. The van der Waals surface area contributed by atoms with E-state index in [1.807, 2.05) is 6.56 Å². The molecule has 0 spiro atoms. The van der Waals surface area contributed by atoms with Crippen molar-refractivity contribution in [3.8, 4) is 0 Å². The van der Waals surface area contributed by atoms with Crippen molar-refractivity contribution < 1.29 is 17.4 Å². The molecule has 0 radical (unpaired) electrons. The van der Waals surface area contributed by atoms with Crippen LogP contribution in [-0.2, 0) is 17.4 Å². The molecule has 4 heteroatoms. The van der Waals surface area contributed by atoms with E-state index in [9.17, 15) is 0 Å². The summed E-state index contributed by atoms with van der Waals surface area (Å²) < 4.78 is 6.59. The Kier molecular flexibility index (Phi) is 9.22. The molecule has 0 bridgehead atoms. The topological polar surface area (TPSA) is 0 Å². The van der Waals surface area contributed by atoms with Gasteiger partial charge in [-0.05, 0) is 0 Å². The molecule has 2 rings (SSSR count). The minimum atomic E-state index is -3.18. The molecule has 0 N–H and O–H groups in total. The van der Waals surface area contributed by atoms with Gasteiger partial charge in [-0.2, -0.15) is 0 Å². The summed E-state index contributed by atoms with van der Waals surface area (Å²) in [4.78, 5) is 0. The average Bonchev–Trinajstić information content (AvgIpc) is 3.10. The van der Waals surface area contributed by atoms with Gasteiger partial charge in [0.2, 0.25) is 0 Å². The molecule has 0 unspecified atom stereocenters. The molecule has 2 aliphatic rings. The minimum Gasteiger partial charge on any atom is -0.147 e. The molecule has 0 aromatic rings. The second kappa shape index (κ2) is 9.02. The molecule has 0 amide bonds. The van der Waals surface area contributed by atoms with Gasteiger partial charge in [0, 0.05) is 0 Å². The summed E-state index contributed by atoms with van der Waals surface area (Å²) in [6, 6.07) is 0. The standard InChI is InChI=1S/2C10H15.2C2H5.2ClH.H2Si.Zr/c2*1-8-5-6-9(7-8)10(2,3)4;2*1-2;;;;/h2*7H,6H2,1-4H3;2*1H2,2H3;2*1H;1H2;. The van der Waals surface area contributed by atoms with E-state index in [0.717, 1.165) is 0 Å². The second-order valence-corrected chi connectivity index (χ2v) is 37.2. The van der Waals surface area contributed by atoms with Crippen molar-refractivity contribution in [2.45, 2.75) is 90.3 Å². The van der Waals surface area contributed by atoms with E-state index in [1.165, 1.54) is 21.1 Å². The van der Waals surface area contributed by atoms with Crippen molar-refractivity contribution in [3.63, 3.8) is 0 Å². The Labute approximate surface area is 190 Å². The Morgan fingerprint density at radius 3 is 1.21 bits per heavy atom. The molecule has 0 saturated carbocycles. The number of hydrogen-bond acceptors (Lipinski definition) is 0. The van der Waals surface area contributed by atoms with Gasteiger partial charge in [0.25, 0.3) is 0 Å². The Hall–Kier alpha value is 0.640. The van der Waals surface area contributed by atoms with Crippen molar-refractivity contribution in [2.24, 2.45) is 10.8 Å². The molecule has 0 aromatic heterocycles. The van der Waals surface area contributed by atoms with Gasteiger partial charge in [-0.1, -0.05) is 0 Å². The number of rotatable bonds is 4. The van der Waals surface area contributed by atoms with Crippen LogP contribution in [-0.4, -0.2) is 6.88 Å². The van der Waals surface area contributed by atoms with Crippen LogP contribution in [0, 0.1) is 10.8 Å². The van der Waals surface area contributed by atoms with E-state index in [4.69, 9.17) is 0 Å². The maximum Gasteiger partial charge on any atom is -0.147 e. The van der Waals surface area contributed by atoms with Gasteiger partial charge in [0.05, 0.1) is 0 Å². The molecule has 162 valence electrons. The Balaban J connectivity index is 0.00000364. The molecule has 0 heterocycles. The van der Waals surface area contributed by atoms with Gasteiger partial charge in [-0.15, -0.1) is 24.8 Å². The molecule has 0 aromatic carbocycles. The van der Waals surface area contributed by atoms with E-state index in [-0.39, 0.29) is 35.6 Å². The summed E-state index contributed by atoms with van der Waals surface area (Å²) in [5.74, 6) is 0. The van der Waals surface area contributed by atoms with Gasteiger partial charge in [-0.25, -0.2) is 0 Å². The van der Waals surface area contributed by atoms with E-state index >= 15 is 0 Å². The van der Waals surface area contributed by atoms with Crippen LogP contribution >= 0.6 is 24.8 Å². The van der Waals surface area contributed by atoms with Gasteiger partial charge < -0.3 is 0 Å². The molecule has 0 fully saturated rings. The number of halogens is 2. The molecule has 0 nitrogen and oxygen atoms in total. The molecule has 2 aliphatic carbocycles. The monoisotopic (exact) mass is 520 g/mol. The molecular weight excluding hydrogens is 478 g/mol. The van der Waals surface area contributed by atoms with Crippen LogP contribution in [0.5, 0.6) is 0 Å². The number of hydrogen-bond donors (Lipinski definition) is 0. The SMILES string of the molecule is C[CH2][Zr](=[SiH2])([CH2]C)([C]1=C(C)C=C(C(C)(C)C)C1)[C]1=C(C)C=C(C(C)(C)C)C1.Cl.Cl. The first-order valence-electron chi connectivity index (χ1n) is 10.5. The van der Waals surface area contributed by atoms with Gasteiger partial charge in [-0.3, -0.25) is 0 Å². The maximum atomic E-state index is 2.55. The smallest absolute Gasteiger partial charge is 0.147 e. The van der Waals surface area contributed by atoms with Crippen molar-refractivity contribution in [3.05, 3.63) is 41.0 Å². The fraction of sp³-hybridized carbons (Fsp3) is 0.667. The van der Waals surface area contributed by atoms with Gasteiger partial charge in [0.15, 0.2) is 0 Å². The van der Waals surface area contributed by atoms with Crippen LogP contribution in [0.25, 0.3) is 0 Å². The Morgan fingerprint density at radius 1 is 0.750 bits per heavy atom. The molecule has 0 saturated heterocycles. The summed E-state index contributed by atoms with van der Waals surface area (Å²) in [5.41, 5.74) is 7.11. The molecular formula is C24H44Cl2SiZr. The van der Waals surface area contributed by atoms with Crippen LogP contribution in [0.1, 0.15) is 82.1 Å². The van der Waals surface area contributed by atoms with Gasteiger partial charge in [0.1, 0.15) is 0 Å². The summed E-state index contributed by atoms with van der Waals surface area (Å²) in [6.07, 6.45) is 7.58. The predicted octanol–water partition coefficient (Wildman–Crippen LogP) is 8.24. The first kappa shape index (κ1) is 28.6. The van der Waals surface area contributed by atoms with Crippen LogP contribution in [0.2, 0.25) is 8.26 Å². The van der Waals surface area contributed by atoms with Crippen molar-refractivity contribution in [1.82, 2.24) is 0 Å². The van der Waals surface area contributed by atoms with Crippen molar-refractivity contribution in [1.29, 1.82) is 0 Å². The third-order valence-electron chi connectivity index (χ3n) is 7.68. The third-order valence-corrected chi connectivity index (χ3v) is 37.6. The fourth-order valence-electron chi connectivity index (χ4n) is 5.20. The molecule has 0 aliphatic heterocycles. The summed E-state index contributed by atoms with van der Waals surface area (Å²) >= 11 is -3.18. The van der Waals surface area contributed by atoms with Gasteiger partial charge >= 0.3 is 166 Å². The van der Waals surface area contributed by atoms with Crippen molar-refractivity contribution >= 4 is 31.7 Å². The Morgan fingerprint density at radius 2 is 1.04 bits per heavy atom. The maximum absolute atomic E-state index is 3.18. The molecule has 0 atom stereocenters. The van der Waals surface area contributed by atoms with Crippen LogP contribution in [0.3, 0.4) is 0 Å². The summed E-state index contributed by atoms with van der Waals surface area (Å²) in [7, 11) is 0. The van der Waals surface area contributed by atoms with Crippen LogP contribution < -0.4 is 0 Å². The first-order chi connectivity index (χ1) is 11.7.